The molecule has 264 valence electrons. The maximum absolute atomic E-state index is 11.5. The molecule has 0 saturated heterocycles. The van der Waals surface area contributed by atoms with E-state index >= 15 is 0 Å². The number of aliphatic hydroxyl groups excluding tert-OH is 3. The summed E-state index contributed by atoms with van der Waals surface area (Å²) in [6.45, 7) is 10.3. The van der Waals surface area contributed by atoms with Gasteiger partial charge in [0.15, 0.2) is 0 Å². The van der Waals surface area contributed by atoms with Crippen molar-refractivity contribution in [3.05, 3.63) is 0 Å². The molecule has 4 aliphatic carbocycles. The van der Waals surface area contributed by atoms with E-state index in [9.17, 15) is 25.2 Å². The van der Waals surface area contributed by atoms with Crippen LogP contribution < -0.4 is 5.11 Å². The summed E-state index contributed by atoms with van der Waals surface area (Å²) in [5, 5.41) is 43.9. The lowest BCUT2D eigenvalue weighted by atomic mass is 9.43. The molecule has 11 atom stereocenters. The van der Waals surface area contributed by atoms with Gasteiger partial charge in [0.25, 0.3) is 0 Å². The van der Waals surface area contributed by atoms with Gasteiger partial charge in [-0.15, -0.1) is 0 Å². The summed E-state index contributed by atoms with van der Waals surface area (Å²) in [5.74, 6) is 0.635. The fourth-order valence-corrected chi connectivity index (χ4v) is 10.8. The van der Waals surface area contributed by atoms with Crippen molar-refractivity contribution in [3.63, 3.8) is 0 Å². The smallest absolute Gasteiger partial charge is 0.0780 e. The molecule has 3 N–H and O–H groups in total. The lowest BCUT2D eigenvalue weighted by Gasteiger charge is -2.63. The van der Waals surface area contributed by atoms with Crippen molar-refractivity contribution in [3.8, 4) is 0 Å². The highest BCUT2D eigenvalue weighted by atomic mass is 16.4. The topological polar surface area (TPSA) is 101 Å². The van der Waals surface area contributed by atoms with Gasteiger partial charge in [0, 0.05) is 5.97 Å². The van der Waals surface area contributed by atoms with E-state index in [1.807, 2.05) is 0 Å². The molecule has 4 rings (SSSR count). The molecule has 4 aliphatic rings. The average molecular weight is 636 g/mol. The Kier molecular flexibility index (Phi) is 14.7. The Bertz CT molecular complexity index is 889. The zero-order chi connectivity index (χ0) is 33.4. The molecule has 11 unspecified atom stereocenters. The van der Waals surface area contributed by atoms with Gasteiger partial charge in [0.05, 0.1) is 46.0 Å². The van der Waals surface area contributed by atoms with Gasteiger partial charge in [0.2, 0.25) is 0 Å². The highest BCUT2D eigenvalue weighted by Gasteiger charge is 2.65. The van der Waals surface area contributed by atoms with Crippen molar-refractivity contribution in [2.45, 2.75) is 168 Å². The maximum atomic E-state index is 11.5. The lowest BCUT2D eigenvalue weighted by molar-refractivity contribution is -0.870. The van der Waals surface area contributed by atoms with Gasteiger partial charge in [-0.3, -0.25) is 0 Å². The number of nitrogens with zero attached hydrogens (tertiary/aromatic N) is 1. The van der Waals surface area contributed by atoms with Crippen LogP contribution in [0.2, 0.25) is 0 Å². The summed E-state index contributed by atoms with van der Waals surface area (Å²) in [4.78, 5) is 11.0. The highest BCUT2D eigenvalue weighted by Crippen LogP contribution is 2.68. The van der Waals surface area contributed by atoms with Crippen LogP contribution in [-0.2, 0) is 4.79 Å². The first-order chi connectivity index (χ1) is 21.1. The molecule has 0 aromatic carbocycles. The second kappa shape index (κ2) is 17.1. The number of aliphatic carboxylic acids is 1. The maximum Gasteiger partial charge on any atom is 0.0780 e. The van der Waals surface area contributed by atoms with E-state index in [-0.39, 0.29) is 53.1 Å². The van der Waals surface area contributed by atoms with E-state index in [0.29, 0.717) is 18.3 Å². The molecule has 0 aliphatic heterocycles. The van der Waals surface area contributed by atoms with Crippen LogP contribution in [0, 0.1) is 46.3 Å². The molecule has 0 spiro atoms. The number of carboxylic acid groups (broad SMARTS) is 1. The van der Waals surface area contributed by atoms with E-state index in [1.165, 1.54) is 70.8 Å². The SMILES string of the molecule is CC(CCC(=O)[O-])C1CCC2C3C(O)CC4CC(O)CCC4(C)C3CC(O)C12C.CCCCCCCCCCCC[N+](C)(C)C. The van der Waals surface area contributed by atoms with Gasteiger partial charge in [-0.2, -0.15) is 0 Å². The Hall–Kier alpha value is -0.690. The largest absolute Gasteiger partial charge is 0.550 e. The molecule has 0 radical (unpaired) electrons. The van der Waals surface area contributed by atoms with E-state index in [4.69, 9.17) is 0 Å². The number of carbonyl (C=O) groups is 1. The monoisotopic (exact) mass is 636 g/mol. The number of quaternary nitrogens is 1. The quantitative estimate of drug-likeness (QED) is 0.137. The summed E-state index contributed by atoms with van der Waals surface area (Å²) in [5.41, 5.74) is -0.172. The third-order valence-electron chi connectivity index (χ3n) is 13.5. The van der Waals surface area contributed by atoms with E-state index in [2.05, 4.69) is 48.8 Å². The fraction of sp³-hybridized carbons (Fsp3) is 0.974. The highest BCUT2D eigenvalue weighted by molar-refractivity contribution is 5.64. The van der Waals surface area contributed by atoms with Crippen LogP contribution in [0.4, 0.5) is 0 Å². The minimum Gasteiger partial charge on any atom is -0.550 e. The van der Waals surface area contributed by atoms with Crippen LogP contribution >= 0.6 is 0 Å². The third-order valence-corrected chi connectivity index (χ3v) is 13.5. The summed E-state index contributed by atoms with van der Waals surface area (Å²) < 4.78 is 1.12. The molecule has 6 heteroatoms. The van der Waals surface area contributed by atoms with Crippen molar-refractivity contribution in [1.82, 2.24) is 0 Å². The number of rotatable bonds is 15. The summed E-state index contributed by atoms with van der Waals surface area (Å²) in [6, 6.07) is 0. The number of hydrogen-bond acceptors (Lipinski definition) is 5. The molecule has 4 saturated carbocycles. The summed E-state index contributed by atoms with van der Waals surface area (Å²) in [7, 11) is 6.86. The van der Waals surface area contributed by atoms with Crippen molar-refractivity contribution in [1.29, 1.82) is 0 Å². The van der Waals surface area contributed by atoms with Crippen molar-refractivity contribution in [2.75, 3.05) is 27.7 Å². The van der Waals surface area contributed by atoms with Gasteiger partial charge in [-0.05, 0) is 117 Å². The average Bonchev–Trinajstić information content (AvgIpc) is 3.32. The number of carboxylic acids is 1. The minimum atomic E-state index is -0.998. The first kappa shape index (κ1) is 38.8. The van der Waals surface area contributed by atoms with Crippen LogP contribution in [0.3, 0.4) is 0 Å². The molecule has 0 bridgehead atoms. The molecule has 0 heterocycles. The Balaban J connectivity index is 0.000000296. The number of hydrogen-bond donors (Lipinski definition) is 3. The van der Waals surface area contributed by atoms with Crippen LogP contribution in [0.1, 0.15) is 150 Å². The summed E-state index contributed by atoms with van der Waals surface area (Å²) >= 11 is 0. The molecule has 0 aromatic rings. The Labute approximate surface area is 277 Å². The normalized spacial score (nSPS) is 38.4. The molecule has 0 amide bonds. The zero-order valence-electron chi connectivity index (χ0n) is 30.4. The number of aliphatic hydroxyl groups is 3. The third kappa shape index (κ3) is 9.92. The van der Waals surface area contributed by atoms with Crippen LogP contribution in [0.5, 0.6) is 0 Å². The van der Waals surface area contributed by atoms with Crippen LogP contribution in [-0.4, -0.2) is 71.8 Å². The van der Waals surface area contributed by atoms with Gasteiger partial charge < -0.3 is 29.7 Å². The van der Waals surface area contributed by atoms with Crippen LogP contribution in [0.25, 0.3) is 0 Å². The Morgan fingerprint density at radius 2 is 1.44 bits per heavy atom. The predicted molar refractivity (Wildman–Crippen MR) is 182 cm³/mol. The van der Waals surface area contributed by atoms with Gasteiger partial charge >= 0.3 is 0 Å². The Morgan fingerprint density at radius 3 is 2.02 bits per heavy atom. The van der Waals surface area contributed by atoms with Crippen molar-refractivity contribution in [2.24, 2.45) is 46.3 Å². The molecular formula is C39H73NO5. The van der Waals surface area contributed by atoms with E-state index < -0.39 is 12.1 Å². The van der Waals surface area contributed by atoms with E-state index in [1.54, 1.807) is 0 Å². The molecule has 45 heavy (non-hydrogen) atoms. The number of unbranched alkanes of at least 4 members (excludes halogenated alkanes) is 9. The molecule has 4 fully saturated rings. The fourth-order valence-electron chi connectivity index (χ4n) is 10.8. The first-order valence-electron chi connectivity index (χ1n) is 19.2. The molecule has 0 aromatic heterocycles. The second-order valence-electron chi connectivity index (χ2n) is 17.6. The standard InChI is InChI=1S/C24H40O5.C15H34N/c1-13(4-7-21(28)29)16-5-6-17-22-18(12-20(27)24(16,17)3)23(2)9-8-15(25)10-14(23)11-19(22)26;1-5-6-7-8-9-10-11-12-13-14-15-16(2,3)4/h13-20,22,25-27H,4-12H2,1-3H3,(H,28,29);5-15H2,1-4H3/q;+1/p-1. The van der Waals surface area contributed by atoms with Crippen molar-refractivity contribution >= 4 is 5.97 Å². The van der Waals surface area contributed by atoms with E-state index in [0.717, 1.165) is 49.4 Å². The molecular weight excluding hydrogens is 562 g/mol. The summed E-state index contributed by atoms with van der Waals surface area (Å²) in [6.07, 6.45) is 20.1. The first-order valence-corrected chi connectivity index (χ1v) is 19.2. The predicted octanol–water partition coefficient (Wildman–Crippen LogP) is 6.73. The second-order valence-corrected chi connectivity index (χ2v) is 17.6. The Morgan fingerprint density at radius 1 is 0.844 bits per heavy atom. The molecule has 6 nitrogen and oxygen atoms in total. The van der Waals surface area contributed by atoms with Gasteiger partial charge in [-0.1, -0.05) is 79.1 Å². The number of carbonyl (C=O) groups excluding carboxylic acids is 1. The van der Waals surface area contributed by atoms with Gasteiger partial charge in [0.1, 0.15) is 0 Å². The lowest BCUT2D eigenvalue weighted by Crippen LogP contribution is -2.62. The number of fused-ring (bicyclic) bond motifs is 5. The zero-order valence-corrected chi connectivity index (χ0v) is 30.4. The van der Waals surface area contributed by atoms with Crippen molar-refractivity contribution < 1.29 is 29.7 Å². The minimum absolute atomic E-state index is 0.0747. The van der Waals surface area contributed by atoms with Crippen LogP contribution in [0.15, 0.2) is 0 Å². The van der Waals surface area contributed by atoms with Gasteiger partial charge in [-0.25, -0.2) is 0 Å².